The standard InChI is InChI=1S/C11H22N2O3/c1-11(2,3)16-10(15)12-13-7-5-4-6-9(14)8-13/h9,14H,4-8H2,1-3H3,(H,12,15). The SMILES string of the molecule is CC(C)(C)OC(=O)NN1CCCCC(O)C1. The van der Waals surface area contributed by atoms with Crippen LogP contribution in [-0.4, -0.2) is 41.0 Å². The Morgan fingerprint density at radius 2 is 2.12 bits per heavy atom. The number of β-amino-alcohol motifs (C(OH)–C–C–N with tert-alkyl or cyclic N) is 1. The average Bonchev–Trinajstić information content (AvgIpc) is 2.26. The first kappa shape index (κ1) is 13.3. The number of aliphatic hydroxyl groups is 1. The molecule has 1 heterocycles. The zero-order chi connectivity index (χ0) is 12.2. The maximum Gasteiger partial charge on any atom is 0.422 e. The van der Waals surface area contributed by atoms with E-state index in [0.717, 1.165) is 25.8 Å². The van der Waals surface area contributed by atoms with Gasteiger partial charge in [-0.2, -0.15) is 0 Å². The van der Waals surface area contributed by atoms with Crippen LogP contribution in [0.4, 0.5) is 4.79 Å². The summed E-state index contributed by atoms with van der Waals surface area (Å²) in [6.07, 6.45) is 1.95. The van der Waals surface area contributed by atoms with Gasteiger partial charge in [-0.3, -0.25) is 5.43 Å². The van der Waals surface area contributed by atoms with E-state index in [9.17, 15) is 9.90 Å². The number of nitrogens with one attached hydrogen (secondary N) is 1. The minimum Gasteiger partial charge on any atom is -0.443 e. The van der Waals surface area contributed by atoms with Crippen LogP contribution < -0.4 is 5.43 Å². The molecule has 2 N–H and O–H groups in total. The molecule has 0 aromatic carbocycles. The van der Waals surface area contributed by atoms with Gasteiger partial charge in [-0.25, -0.2) is 9.80 Å². The van der Waals surface area contributed by atoms with Gasteiger partial charge in [0.1, 0.15) is 5.60 Å². The second kappa shape index (κ2) is 5.50. The molecule has 1 saturated heterocycles. The van der Waals surface area contributed by atoms with Crippen LogP contribution in [0, 0.1) is 0 Å². The molecule has 0 bridgehead atoms. The lowest BCUT2D eigenvalue weighted by molar-refractivity contribution is 0.0258. The number of ether oxygens (including phenoxy) is 1. The van der Waals surface area contributed by atoms with E-state index in [0.29, 0.717) is 6.54 Å². The molecule has 1 unspecified atom stereocenters. The minimum atomic E-state index is -0.492. The van der Waals surface area contributed by atoms with Crippen molar-refractivity contribution in [1.82, 2.24) is 10.4 Å². The number of hydrogen-bond acceptors (Lipinski definition) is 4. The lowest BCUT2D eigenvalue weighted by Gasteiger charge is -2.25. The van der Waals surface area contributed by atoms with Gasteiger partial charge in [-0.1, -0.05) is 0 Å². The number of carbonyl (C=O) groups excluding carboxylic acids is 1. The summed E-state index contributed by atoms with van der Waals surface area (Å²) in [7, 11) is 0. The summed E-state index contributed by atoms with van der Waals surface area (Å²) in [6.45, 7) is 6.70. The molecule has 1 aliphatic heterocycles. The highest BCUT2D eigenvalue weighted by Crippen LogP contribution is 2.10. The van der Waals surface area contributed by atoms with E-state index in [4.69, 9.17) is 4.74 Å². The van der Waals surface area contributed by atoms with E-state index >= 15 is 0 Å². The number of carbonyl (C=O) groups is 1. The predicted octanol–water partition coefficient (Wildman–Crippen LogP) is 1.27. The van der Waals surface area contributed by atoms with E-state index in [1.165, 1.54) is 0 Å². The Balaban J connectivity index is 2.37. The first-order chi connectivity index (χ1) is 7.37. The molecule has 1 amide bonds. The second-order valence-corrected chi connectivity index (χ2v) is 5.21. The fraction of sp³-hybridized carbons (Fsp3) is 0.909. The Hall–Kier alpha value is -0.810. The van der Waals surface area contributed by atoms with Crippen LogP contribution >= 0.6 is 0 Å². The normalized spacial score (nSPS) is 23.6. The van der Waals surface area contributed by atoms with E-state index < -0.39 is 11.7 Å². The lowest BCUT2D eigenvalue weighted by atomic mass is 10.2. The molecule has 5 nitrogen and oxygen atoms in total. The number of amides is 1. The summed E-state index contributed by atoms with van der Waals surface area (Å²) < 4.78 is 5.14. The average molecular weight is 230 g/mol. The molecular weight excluding hydrogens is 208 g/mol. The molecular formula is C11H22N2O3. The van der Waals surface area contributed by atoms with Gasteiger partial charge in [0.15, 0.2) is 0 Å². The van der Waals surface area contributed by atoms with Gasteiger partial charge in [0.25, 0.3) is 0 Å². The third-order valence-corrected chi connectivity index (χ3v) is 2.29. The zero-order valence-electron chi connectivity index (χ0n) is 10.3. The van der Waals surface area contributed by atoms with Crippen molar-refractivity contribution in [3.05, 3.63) is 0 Å². The van der Waals surface area contributed by atoms with Crippen LogP contribution in [0.3, 0.4) is 0 Å². The van der Waals surface area contributed by atoms with Gasteiger partial charge < -0.3 is 9.84 Å². The number of hydrogen-bond donors (Lipinski definition) is 2. The molecule has 1 atom stereocenters. The topological polar surface area (TPSA) is 61.8 Å². The summed E-state index contributed by atoms with van der Waals surface area (Å²) in [5.41, 5.74) is 2.17. The Kier molecular flexibility index (Phi) is 4.56. The highest BCUT2D eigenvalue weighted by Gasteiger charge is 2.21. The number of rotatable bonds is 1. The molecule has 5 heteroatoms. The molecule has 0 aliphatic carbocycles. The summed E-state index contributed by atoms with van der Waals surface area (Å²) >= 11 is 0. The smallest absolute Gasteiger partial charge is 0.422 e. The molecule has 0 aromatic rings. The molecule has 1 rings (SSSR count). The van der Waals surface area contributed by atoms with Crippen LogP contribution in [-0.2, 0) is 4.74 Å². The van der Waals surface area contributed by atoms with E-state index in [1.807, 2.05) is 20.8 Å². The van der Waals surface area contributed by atoms with E-state index in [2.05, 4.69) is 5.43 Å². The minimum absolute atomic E-state index is 0.363. The van der Waals surface area contributed by atoms with Crippen molar-refractivity contribution in [2.45, 2.75) is 51.7 Å². The number of aliphatic hydroxyl groups excluding tert-OH is 1. The van der Waals surface area contributed by atoms with Crippen LogP contribution in [0.1, 0.15) is 40.0 Å². The van der Waals surface area contributed by atoms with Crippen LogP contribution in [0.15, 0.2) is 0 Å². The fourth-order valence-electron chi connectivity index (χ4n) is 1.65. The first-order valence-corrected chi connectivity index (χ1v) is 5.79. The van der Waals surface area contributed by atoms with Gasteiger partial charge >= 0.3 is 6.09 Å². The summed E-state index contributed by atoms with van der Waals surface area (Å²) in [5, 5.41) is 11.3. The lowest BCUT2D eigenvalue weighted by Crippen LogP contribution is -2.47. The van der Waals surface area contributed by atoms with Gasteiger partial charge in [0.2, 0.25) is 0 Å². The van der Waals surface area contributed by atoms with Crippen LogP contribution in [0.2, 0.25) is 0 Å². The number of nitrogens with zero attached hydrogens (tertiary/aromatic N) is 1. The predicted molar refractivity (Wildman–Crippen MR) is 60.8 cm³/mol. The van der Waals surface area contributed by atoms with Crippen molar-refractivity contribution in [1.29, 1.82) is 0 Å². The van der Waals surface area contributed by atoms with Crippen molar-refractivity contribution in [2.24, 2.45) is 0 Å². The molecule has 0 spiro atoms. The largest absolute Gasteiger partial charge is 0.443 e. The Bertz CT molecular complexity index is 238. The molecule has 1 aliphatic rings. The number of hydrazine groups is 1. The van der Waals surface area contributed by atoms with Crippen molar-refractivity contribution in [2.75, 3.05) is 13.1 Å². The maximum absolute atomic E-state index is 11.5. The molecule has 0 saturated carbocycles. The van der Waals surface area contributed by atoms with Gasteiger partial charge in [-0.05, 0) is 40.0 Å². The van der Waals surface area contributed by atoms with Crippen molar-refractivity contribution in [3.63, 3.8) is 0 Å². The summed E-state index contributed by atoms with van der Waals surface area (Å²) in [6, 6.07) is 0. The zero-order valence-corrected chi connectivity index (χ0v) is 10.3. The Labute approximate surface area is 96.7 Å². The Morgan fingerprint density at radius 3 is 2.75 bits per heavy atom. The fourth-order valence-corrected chi connectivity index (χ4v) is 1.65. The van der Waals surface area contributed by atoms with E-state index in [1.54, 1.807) is 5.01 Å². The van der Waals surface area contributed by atoms with Gasteiger partial charge in [0, 0.05) is 13.1 Å². The van der Waals surface area contributed by atoms with Crippen LogP contribution in [0.5, 0.6) is 0 Å². The molecule has 16 heavy (non-hydrogen) atoms. The highest BCUT2D eigenvalue weighted by atomic mass is 16.6. The first-order valence-electron chi connectivity index (χ1n) is 5.79. The summed E-state index contributed by atoms with van der Waals surface area (Å²) in [4.78, 5) is 11.5. The summed E-state index contributed by atoms with van der Waals surface area (Å²) in [5.74, 6) is 0. The van der Waals surface area contributed by atoms with Crippen molar-refractivity contribution < 1.29 is 14.6 Å². The third kappa shape index (κ3) is 5.32. The third-order valence-electron chi connectivity index (χ3n) is 2.29. The monoisotopic (exact) mass is 230 g/mol. The van der Waals surface area contributed by atoms with E-state index in [-0.39, 0.29) is 6.10 Å². The quantitative estimate of drug-likeness (QED) is 0.712. The van der Waals surface area contributed by atoms with Crippen molar-refractivity contribution >= 4 is 6.09 Å². The Morgan fingerprint density at radius 1 is 1.44 bits per heavy atom. The molecule has 0 radical (unpaired) electrons. The van der Waals surface area contributed by atoms with Crippen molar-refractivity contribution in [3.8, 4) is 0 Å². The second-order valence-electron chi connectivity index (χ2n) is 5.21. The molecule has 94 valence electrons. The van der Waals surface area contributed by atoms with Crippen LogP contribution in [0.25, 0.3) is 0 Å². The molecule has 0 aromatic heterocycles. The highest BCUT2D eigenvalue weighted by molar-refractivity contribution is 5.67. The maximum atomic E-state index is 11.5. The molecule has 1 fully saturated rings. The van der Waals surface area contributed by atoms with Gasteiger partial charge in [-0.15, -0.1) is 0 Å². The van der Waals surface area contributed by atoms with Gasteiger partial charge in [0.05, 0.1) is 6.10 Å².